The van der Waals surface area contributed by atoms with Gasteiger partial charge in [0.2, 0.25) is 10.0 Å². The van der Waals surface area contributed by atoms with Gasteiger partial charge in [0.05, 0.1) is 23.3 Å². The van der Waals surface area contributed by atoms with Crippen molar-refractivity contribution >= 4 is 27.5 Å². The number of nitriles is 1. The van der Waals surface area contributed by atoms with Crippen LogP contribution in [0.1, 0.15) is 37.0 Å². The molecule has 0 radical (unpaired) electrons. The monoisotopic (exact) mass is 411 g/mol. The third kappa shape index (κ3) is 4.27. The van der Waals surface area contributed by atoms with Gasteiger partial charge in [-0.3, -0.25) is 4.79 Å². The van der Waals surface area contributed by atoms with E-state index in [2.05, 4.69) is 0 Å². The maximum atomic E-state index is 13.1. The summed E-state index contributed by atoms with van der Waals surface area (Å²) in [5, 5.41) is 9.04. The van der Waals surface area contributed by atoms with Crippen LogP contribution in [0.25, 0.3) is 0 Å². The summed E-state index contributed by atoms with van der Waals surface area (Å²) in [6, 6.07) is 6.29. The smallest absolute Gasteiger partial charge is 0.255 e. The van der Waals surface area contributed by atoms with Crippen molar-refractivity contribution in [3.8, 4) is 6.07 Å². The Hall–Kier alpha value is -1.66. The SMILES string of the molecule is CC1CN(S(=O)(=O)c2cc(C(=O)N(CC#N)C3CC3)ccc2Cl)CC(C)O1. The Bertz CT molecular complexity index is 869. The number of ether oxygens (including phenoxy) is 1. The molecule has 3 rings (SSSR count). The van der Waals surface area contributed by atoms with Gasteiger partial charge in [-0.25, -0.2) is 8.42 Å². The number of hydrogen-bond acceptors (Lipinski definition) is 5. The van der Waals surface area contributed by atoms with Crippen LogP contribution in [0.5, 0.6) is 0 Å². The Kier molecular flexibility index (Phi) is 5.77. The molecule has 7 nitrogen and oxygen atoms in total. The Morgan fingerprint density at radius 2 is 1.96 bits per heavy atom. The van der Waals surface area contributed by atoms with Crippen LogP contribution in [-0.2, 0) is 14.8 Å². The average Bonchev–Trinajstić information content (AvgIpc) is 3.43. The van der Waals surface area contributed by atoms with E-state index in [4.69, 9.17) is 21.6 Å². The fraction of sp³-hybridized carbons (Fsp3) is 0.556. The van der Waals surface area contributed by atoms with Gasteiger partial charge < -0.3 is 9.64 Å². The molecule has 1 amide bonds. The summed E-state index contributed by atoms with van der Waals surface area (Å²) in [7, 11) is -3.87. The predicted molar refractivity (Wildman–Crippen MR) is 99.9 cm³/mol. The zero-order valence-electron chi connectivity index (χ0n) is 15.3. The van der Waals surface area contributed by atoms with Crippen molar-refractivity contribution in [2.45, 2.75) is 49.8 Å². The zero-order valence-corrected chi connectivity index (χ0v) is 16.8. The van der Waals surface area contributed by atoms with Gasteiger partial charge in [-0.05, 0) is 44.9 Å². The van der Waals surface area contributed by atoms with E-state index in [-0.39, 0.29) is 59.3 Å². The topological polar surface area (TPSA) is 90.7 Å². The molecule has 0 bridgehead atoms. The van der Waals surface area contributed by atoms with Crippen LogP contribution in [0.2, 0.25) is 5.02 Å². The molecule has 1 heterocycles. The molecule has 2 aliphatic rings. The van der Waals surface area contributed by atoms with E-state index >= 15 is 0 Å². The van der Waals surface area contributed by atoms with E-state index in [0.29, 0.717) is 0 Å². The zero-order chi connectivity index (χ0) is 19.8. The number of halogens is 1. The summed E-state index contributed by atoms with van der Waals surface area (Å²) in [5.41, 5.74) is 0.217. The minimum atomic E-state index is -3.87. The second-order valence-electron chi connectivity index (χ2n) is 7.05. The van der Waals surface area contributed by atoms with E-state index < -0.39 is 10.0 Å². The van der Waals surface area contributed by atoms with Crippen molar-refractivity contribution in [3.05, 3.63) is 28.8 Å². The van der Waals surface area contributed by atoms with Gasteiger partial charge in [0, 0.05) is 24.7 Å². The van der Waals surface area contributed by atoms with Crippen LogP contribution in [0, 0.1) is 11.3 Å². The van der Waals surface area contributed by atoms with Gasteiger partial charge >= 0.3 is 0 Å². The first-order valence-electron chi connectivity index (χ1n) is 8.87. The number of carbonyl (C=O) groups is 1. The number of rotatable bonds is 5. The third-order valence-electron chi connectivity index (χ3n) is 4.67. The Morgan fingerprint density at radius 3 is 2.52 bits per heavy atom. The van der Waals surface area contributed by atoms with E-state index in [1.807, 2.05) is 19.9 Å². The van der Waals surface area contributed by atoms with Gasteiger partial charge in [-0.15, -0.1) is 0 Å². The van der Waals surface area contributed by atoms with Crippen LogP contribution in [0.15, 0.2) is 23.1 Å². The highest BCUT2D eigenvalue weighted by Crippen LogP contribution is 2.31. The summed E-state index contributed by atoms with van der Waals surface area (Å²) >= 11 is 6.18. The molecule has 9 heteroatoms. The Balaban J connectivity index is 1.93. The third-order valence-corrected chi connectivity index (χ3v) is 6.98. The number of hydrogen-bond donors (Lipinski definition) is 0. The van der Waals surface area contributed by atoms with Crippen molar-refractivity contribution in [3.63, 3.8) is 0 Å². The molecule has 1 saturated heterocycles. The molecule has 0 aromatic heterocycles. The first-order chi connectivity index (χ1) is 12.7. The van der Waals surface area contributed by atoms with Crippen LogP contribution < -0.4 is 0 Å². The molecule has 146 valence electrons. The number of nitrogens with zero attached hydrogens (tertiary/aromatic N) is 3. The van der Waals surface area contributed by atoms with Crippen LogP contribution in [-0.4, -0.2) is 61.4 Å². The molecule has 0 N–H and O–H groups in total. The molecule has 2 fully saturated rings. The second kappa shape index (κ2) is 7.76. The number of carbonyl (C=O) groups excluding carboxylic acids is 1. The number of morpholine rings is 1. The van der Waals surface area contributed by atoms with Crippen molar-refractivity contribution in [2.24, 2.45) is 0 Å². The van der Waals surface area contributed by atoms with Crippen molar-refractivity contribution in [1.82, 2.24) is 9.21 Å². The van der Waals surface area contributed by atoms with E-state index in [1.165, 1.54) is 27.4 Å². The summed E-state index contributed by atoms with van der Waals surface area (Å²) in [4.78, 5) is 14.2. The predicted octanol–water partition coefficient (Wildman–Crippen LogP) is 2.27. The molecule has 0 spiro atoms. The minimum Gasteiger partial charge on any atom is -0.373 e. The molecular formula is C18H22ClN3O4S. The molecule has 1 aromatic rings. The van der Waals surface area contributed by atoms with Gasteiger partial charge in [0.15, 0.2) is 0 Å². The van der Waals surface area contributed by atoms with E-state index in [9.17, 15) is 13.2 Å². The lowest BCUT2D eigenvalue weighted by atomic mass is 10.2. The summed E-state index contributed by atoms with van der Waals surface area (Å²) in [5.74, 6) is -0.351. The maximum Gasteiger partial charge on any atom is 0.255 e. The van der Waals surface area contributed by atoms with Crippen molar-refractivity contribution in [2.75, 3.05) is 19.6 Å². The molecule has 1 aromatic carbocycles. The van der Waals surface area contributed by atoms with Gasteiger partial charge in [-0.1, -0.05) is 11.6 Å². The van der Waals surface area contributed by atoms with Crippen LogP contribution in [0.3, 0.4) is 0 Å². The molecule has 1 aliphatic carbocycles. The molecule has 2 unspecified atom stereocenters. The molecule has 27 heavy (non-hydrogen) atoms. The van der Waals surface area contributed by atoms with Crippen LogP contribution in [0.4, 0.5) is 0 Å². The second-order valence-corrected chi connectivity index (χ2v) is 9.36. The first-order valence-corrected chi connectivity index (χ1v) is 10.7. The highest BCUT2D eigenvalue weighted by Gasteiger charge is 2.36. The minimum absolute atomic E-state index is 0.0211. The Morgan fingerprint density at radius 1 is 1.33 bits per heavy atom. The summed E-state index contributed by atoms with van der Waals surface area (Å²) in [6.07, 6.45) is 1.26. The molecular weight excluding hydrogens is 390 g/mol. The number of amides is 1. The van der Waals surface area contributed by atoms with Crippen molar-refractivity contribution in [1.29, 1.82) is 5.26 Å². The van der Waals surface area contributed by atoms with Gasteiger partial charge in [0.1, 0.15) is 11.4 Å². The van der Waals surface area contributed by atoms with Gasteiger partial charge in [0.25, 0.3) is 5.91 Å². The Labute approximate surface area is 164 Å². The maximum absolute atomic E-state index is 13.1. The fourth-order valence-electron chi connectivity index (χ4n) is 3.30. The van der Waals surface area contributed by atoms with Gasteiger partial charge in [-0.2, -0.15) is 9.57 Å². The van der Waals surface area contributed by atoms with Crippen molar-refractivity contribution < 1.29 is 17.9 Å². The van der Waals surface area contributed by atoms with E-state index in [1.54, 1.807) is 0 Å². The number of sulfonamides is 1. The average molecular weight is 412 g/mol. The lowest BCUT2D eigenvalue weighted by Crippen LogP contribution is -2.48. The van der Waals surface area contributed by atoms with E-state index in [0.717, 1.165) is 12.8 Å². The lowest BCUT2D eigenvalue weighted by molar-refractivity contribution is -0.0440. The summed E-state index contributed by atoms with van der Waals surface area (Å²) < 4.78 is 33.2. The quantitative estimate of drug-likeness (QED) is 0.693. The van der Waals surface area contributed by atoms with Crippen LogP contribution >= 0.6 is 11.6 Å². The number of benzene rings is 1. The standard InChI is InChI=1S/C18H22ClN3O4S/c1-12-10-21(11-13(2)26-12)27(24,25)17-9-14(3-6-16(17)19)18(23)22(8-7-20)15-4-5-15/h3,6,9,12-13,15H,4-5,8,10-11H2,1-2H3. The highest BCUT2D eigenvalue weighted by molar-refractivity contribution is 7.89. The lowest BCUT2D eigenvalue weighted by Gasteiger charge is -2.34. The molecule has 1 aliphatic heterocycles. The normalized spacial score (nSPS) is 23.6. The summed E-state index contributed by atoms with van der Waals surface area (Å²) in [6.45, 7) is 4.06. The largest absolute Gasteiger partial charge is 0.373 e. The molecule has 2 atom stereocenters. The highest BCUT2D eigenvalue weighted by atomic mass is 35.5. The first kappa shape index (κ1) is 20.1. The molecule has 1 saturated carbocycles. The fourth-order valence-corrected chi connectivity index (χ4v) is 5.39.